The molecule has 4 nitrogen and oxygen atoms in total. The molecule has 1 fully saturated rings. The minimum Gasteiger partial charge on any atom is -0.394 e. The van der Waals surface area contributed by atoms with Gasteiger partial charge in [0, 0.05) is 12.0 Å². The SMILES string of the molecule is NC1(CC(=O)N[C@@H](CO)c2ccccc2)CCCC1. The number of hydrogen-bond acceptors (Lipinski definition) is 3. The van der Waals surface area contributed by atoms with Crippen LogP contribution in [0, 0.1) is 0 Å². The Labute approximate surface area is 114 Å². The van der Waals surface area contributed by atoms with Crippen LogP contribution in [0.15, 0.2) is 30.3 Å². The lowest BCUT2D eigenvalue weighted by atomic mass is 9.94. The molecule has 2 rings (SSSR count). The highest BCUT2D eigenvalue weighted by molar-refractivity contribution is 5.77. The Morgan fingerprint density at radius 3 is 2.53 bits per heavy atom. The van der Waals surface area contributed by atoms with Crippen molar-refractivity contribution in [1.29, 1.82) is 0 Å². The molecule has 0 aromatic heterocycles. The molecule has 0 unspecified atom stereocenters. The van der Waals surface area contributed by atoms with E-state index >= 15 is 0 Å². The average Bonchev–Trinajstić information content (AvgIpc) is 2.83. The summed E-state index contributed by atoms with van der Waals surface area (Å²) >= 11 is 0. The van der Waals surface area contributed by atoms with E-state index in [2.05, 4.69) is 5.32 Å². The van der Waals surface area contributed by atoms with Gasteiger partial charge in [-0.1, -0.05) is 43.2 Å². The summed E-state index contributed by atoms with van der Waals surface area (Å²) in [7, 11) is 0. The van der Waals surface area contributed by atoms with Gasteiger partial charge in [-0.05, 0) is 18.4 Å². The summed E-state index contributed by atoms with van der Waals surface area (Å²) in [5.74, 6) is -0.0766. The molecule has 1 aromatic carbocycles. The van der Waals surface area contributed by atoms with E-state index in [0.29, 0.717) is 6.42 Å². The van der Waals surface area contributed by atoms with Crippen LogP contribution < -0.4 is 11.1 Å². The molecule has 4 heteroatoms. The van der Waals surface area contributed by atoms with Crippen molar-refractivity contribution >= 4 is 5.91 Å². The molecule has 1 aliphatic rings. The zero-order valence-corrected chi connectivity index (χ0v) is 11.1. The molecule has 0 heterocycles. The van der Waals surface area contributed by atoms with Crippen LogP contribution in [0.5, 0.6) is 0 Å². The Hall–Kier alpha value is -1.39. The van der Waals surface area contributed by atoms with Crippen molar-refractivity contribution in [2.24, 2.45) is 5.73 Å². The number of benzene rings is 1. The lowest BCUT2D eigenvalue weighted by molar-refractivity contribution is -0.123. The summed E-state index contributed by atoms with van der Waals surface area (Å²) in [6.45, 7) is -0.104. The van der Waals surface area contributed by atoms with Gasteiger partial charge in [0.15, 0.2) is 0 Å². The predicted molar refractivity (Wildman–Crippen MR) is 74.4 cm³/mol. The van der Waals surface area contributed by atoms with Gasteiger partial charge in [0.05, 0.1) is 12.6 Å². The van der Waals surface area contributed by atoms with Crippen LogP contribution in [0.3, 0.4) is 0 Å². The van der Waals surface area contributed by atoms with Gasteiger partial charge < -0.3 is 16.2 Å². The third-order valence-electron chi connectivity index (χ3n) is 3.83. The van der Waals surface area contributed by atoms with E-state index in [-0.39, 0.29) is 24.1 Å². The fraction of sp³-hybridized carbons (Fsp3) is 0.533. The van der Waals surface area contributed by atoms with E-state index in [1.807, 2.05) is 30.3 Å². The van der Waals surface area contributed by atoms with Gasteiger partial charge in [0.2, 0.25) is 5.91 Å². The number of hydrogen-bond donors (Lipinski definition) is 3. The van der Waals surface area contributed by atoms with Crippen LogP contribution in [-0.4, -0.2) is 23.2 Å². The summed E-state index contributed by atoms with van der Waals surface area (Å²) in [5.41, 5.74) is 6.76. The highest BCUT2D eigenvalue weighted by Gasteiger charge is 2.32. The molecule has 104 valence electrons. The molecule has 1 aliphatic carbocycles. The van der Waals surface area contributed by atoms with Gasteiger partial charge in [0.25, 0.3) is 0 Å². The quantitative estimate of drug-likeness (QED) is 0.752. The number of nitrogens with one attached hydrogen (secondary N) is 1. The monoisotopic (exact) mass is 262 g/mol. The van der Waals surface area contributed by atoms with E-state index < -0.39 is 0 Å². The molecule has 0 radical (unpaired) electrons. The molecule has 0 saturated heterocycles. The highest BCUT2D eigenvalue weighted by Crippen LogP contribution is 2.30. The molecule has 0 spiro atoms. The van der Waals surface area contributed by atoms with Crippen molar-refractivity contribution in [3.05, 3.63) is 35.9 Å². The van der Waals surface area contributed by atoms with Crippen molar-refractivity contribution in [2.75, 3.05) is 6.61 Å². The maximum atomic E-state index is 12.0. The molecular weight excluding hydrogens is 240 g/mol. The van der Waals surface area contributed by atoms with Crippen LogP contribution in [0.25, 0.3) is 0 Å². The van der Waals surface area contributed by atoms with Gasteiger partial charge in [-0.2, -0.15) is 0 Å². The van der Waals surface area contributed by atoms with Gasteiger partial charge in [-0.15, -0.1) is 0 Å². The zero-order valence-electron chi connectivity index (χ0n) is 11.1. The summed E-state index contributed by atoms with van der Waals surface area (Å²) in [4.78, 5) is 12.0. The number of amides is 1. The van der Waals surface area contributed by atoms with E-state index in [1.165, 1.54) is 0 Å². The Morgan fingerprint density at radius 1 is 1.32 bits per heavy atom. The lowest BCUT2D eigenvalue weighted by Crippen LogP contribution is -2.43. The first-order valence-corrected chi connectivity index (χ1v) is 6.87. The molecule has 19 heavy (non-hydrogen) atoms. The van der Waals surface area contributed by atoms with Gasteiger partial charge in [0.1, 0.15) is 0 Å². The normalized spacial score (nSPS) is 19.1. The molecule has 1 saturated carbocycles. The number of nitrogens with two attached hydrogens (primary N) is 1. The van der Waals surface area contributed by atoms with E-state index in [0.717, 1.165) is 31.2 Å². The number of rotatable bonds is 5. The first-order valence-electron chi connectivity index (χ1n) is 6.87. The maximum absolute atomic E-state index is 12.0. The third-order valence-corrected chi connectivity index (χ3v) is 3.83. The summed E-state index contributed by atoms with van der Waals surface area (Å²) in [6.07, 6.45) is 4.37. The standard InChI is InChI=1S/C15H22N2O2/c16-15(8-4-5-9-15)10-14(19)17-13(11-18)12-6-2-1-3-7-12/h1-3,6-7,13,18H,4-5,8-11,16H2,(H,17,19)/t13-/m0/s1. The van der Waals surface area contributed by atoms with Crippen LogP contribution in [-0.2, 0) is 4.79 Å². The van der Waals surface area contributed by atoms with Gasteiger partial charge >= 0.3 is 0 Å². The second-order valence-corrected chi connectivity index (χ2v) is 5.46. The van der Waals surface area contributed by atoms with Crippen molar-refractivity contribution in [3.8, 4) is 0 Å². The minimum atomic E-state index is -0.348. The van der Waals surface area contributed by atoms with Crippen LogP contribution in [0.1, 0.15) is 43.7 Å². The third kappa shape index (κ3) is 3.78. The first-order chi connectivity index (χ1) is 9.13. The molecule has 1 atom stereocenters. The predicted octanol–water partition coefficient (Wildman–Crippen LogP) is 1.50. The fourth-order valence-corrected chi connectivity index (χ4v) is 2.74. The van der Waals surface area contributed by atoms with Crippen molar-refractivity contribution in [1.82, 2.24) is 5.32 Å². The molecule has 1 amide bonds. The summed E-state index contributed by atoms with van der Waals surface area (Å²) < 4.78 is 0. The molecule has 0 aliphatic heterocycles. The van der Waals surface area contributed by atoms with Gasteiger partial charge in [-0.25, -0.2) is 0 Å². The maximum Gasteiger partial charge on any atom is 0.222 e. The summed E-state index contributed by atoms with van der Waals surface area (Å²) in [5, 5.41) is 12.3. The minimum absolute atomic E-state index is 0.0766. The number of aliphatic hydroxyl groups excluding tert-OH is 1. The van der Waals surface area contributed by atoms with Crippen LogP contribution in [0.4, 0.5) is 0 Å². The van der Waals surface area contributed by atoms with E-state index in [1.54, 1.807) is 0 Å². The fourth-order valence-electron chi connectivity index (χ4n) is 2.74. The smallest absolute Gasteiger partial charge is 0.222 e. The molecule has 0 bridgehead atoms. The number of carbonyl (C=O) groups excluding carboxylic acids is 1. The Morgan fingerprint density at radius 2 is 1.95 bits per heavy atom. The molecule has 1 aromatic rings. The Kier molecular flexibility index (Phi) is 4.56. The van der Waals surface area contributed by atoms with E-state index in [9.17, 15) is 9.90 Å². The number of carbonyl (C=O) groups is 1. The summed E-state index contributed by atoms with van der Waals surface area (Å²) in [6, 6.07) is 9.15. The van der Waals surface area contributed by atoms with Crippen LogP contribution >= 0.6 is 0 Å². The largest absolute Gasteiger partial charge is 0.394 e. The zero-order chi connectivity index (χ0) is 13.7. The highest BCUT2D eigenvalue weighted by atomic mass is 16.3. The van der Waals surface area contributed by atoms with Crippen molar-refractivity contribution in [2.45, 2.75) is 43.7 Å². The van der Waals surface area contributed by atoms with E-state index in [4.69, 9.17) is 5.73 Å². The topological polar surface area (TPSA) is 75.4 Å². The Balaban J connectivity index is 1.93. The molecule has 4 N–H and O–H groups in total. The van der Waals surface area contributed by atoms with Crippen molar-refractivity contribution < 1.29 is 9.90 Å². The van der Waals surface area contributed by atoms with Crippen LogP contribution in [0.2, 0.25) is 0 Å². The second kappa shape index (κ2) is 6.17. The molecular formula is C15H22N2O2. The first kappa shape index (κ1) is 14.0. The van der Waals surface area contributed by atoms with Crippen molar-refractivity contribution in [3.63, 3.8) is 0 Å². The Bertz CT molecular complexity index is 413. The number of aliphatic hydroxyl groups is 1. The lowest BCUT2D eigenvalue weighted by Gasteiger charge is -2.24. The van der Waals surface area contributed by atoms with Gasteiger partial charge in [-0.3, -0.25) is 4.79 Å². The second-order valence-electron chi connectivity index (χ2n) is 5.46. The average molecular weight is 262 g/mol.